The third-order valence-electron chi connectivity index (χ3n) is 3.52. The summed E-state index contributed by atoms with van der Waals surface area (Å²) in [6, 6.07) is 12.9. The highest BCUT2D eigenvalue weighted by atomic mass is 32.2. The third-order valence-corrected chi connectivity index (χ3v) is 5.40. The quantitative estimate of drug-likeness (QED) is 0.871. The van der Waals surface area contributed by atoms with Gasteiger partial charge in [0.05, 0.1) is 9.80 Å². The highest BCUT2D eigenvalue weighted by Crippen LogP contribution is 2.33. The van der Waals surface area contributed by atoms with Crippen LogP contribution < -0.4 is 4.74 Å². The van der Waals surface area contributed by atoms with Gasteiger partial charge < -0.3 is 4.74 Å². The number of benzene rings is 2. The predicted octanol–water partition coefficient (Wildman–Crippen LogP) is 3.51. The number of hydrogen-bond acceptors (Lipinski definition) is 3. The standard InChI is InChI=1S/C17H16O3S/c1-12-3-6-15(7-4-12)20-11-16-10-14-9-13(2)5-8-17(14)21(16,18)19/h3-10H,11H2,1-2H3. The predicted molar refractivity (Wildman–Crippen MR) is 83.0 cm³/mol. The Hall–Kier alpha value is -2.07. The second kappa shape index (κ2) is 5.04. The highest BCUT2D eigenvalue weighted by Gasteiger charge is 2.29. The van der Waals surface area contributed by atoms with E-state index in [1.165, 1.54) is 0 Å². The van der Waals surface area contributed by atoms with Crippen molar-refractivity contribution < 1.29 is 13.2 Å². The molecule has 1 aliphatic heterocycles. The molecule has 0 amide bonds. The number of rotatable bonds is 3. The molecule has 2 aromatic rings. The largest absolute Gasteiger partial charge is 0.488 e. The van der Waals surface area contributed by atoms with E-state index in [1.54, 1.807) is 12.1 Å². The summed E-state index contributed by atoms with van der Waals surface area (Å²) in [6.45, 7) is 3.99. The first-order chi connectivity index (χ1) is 9.96. The summed E-state index contributed by atoms with van der Waals surface area (Å²) >= 11 is 0. The van der Waals surface area contributed by atoms with Crippen molar-refractivity contribution in [3.63, 3.8) is 0 Å². The molecule has 0 spiro atoms. The van der Waals surface area contributed by atoms with Gasteiger partial charge in [0.25, 0.3) is 0 Å². The summed E-state index contributed by atoms with van der Waals surface area (Å²) in [4.78, 5) is 0.680. The van der Waals surface area contributed by atoms with E-state index in [1.807, 2.05) is 50.2 Å². The van der Waals surface area contributed by atoms with E-state index in [2.05, 4.69) is 0 Å². The first-order valence-corrected chi connectivity index (χ1v) is 8.21. The Morgan fingerprint density at radius 1 is 0.952 bits per heavy atom. The Morgan fingerprint density at radius 3 is 2.33 bits per heavy atom. The summed E-state index contributed by atoms with van der Waals surface area (Å²) in [5, 5.41) is 0. The fraction of sp³-hybridized carbons (Fsp3) is 0.176. The molecule has 21 heavy (non-hydrogen) atoms. The molecule has 0 saturated carbocycles. The maximum atomic E-state index is 12.4. The van der Waals surface area contributed by atoms with Gasteiger partial charge in [-0.15, -0.1) is 0 Å². The zero-order chi connectivity index (χ0) is 15.0. The van der Waals surface area contributed by atoms with Crippen molar-refractivity contribution >= 4 is 15.9 Å². The summed E-state index contributed by atoms with van der Waals surface area (Å²) in [7, 11) is -3.41. The van der Waals surface area contributed by atoms with Gasteiger partial charge in [-0.2, -0.15) is 0 Å². The Bertz CT molecular complexity index is 816. The molecule has 0 aliphatic carbocycles. The van der Waals surface area contributed by atoms with Gasteiger partial charge >= 0.3 is 0 Å². The molecule has 0 N–H and O–H groups in total. The van der Waals surface area contributed by atoms with Crippen LogP contribution in [0.25, 0.3) is 6.08 Å². The van der Waals surface area contributed by atoms with Gasteiger partial charge in [0.15, 0.2) is 0 Å². The van der Waals surface area contributed by atoms with E-state index in [4.69, 9.17) is 4.74 Å². The minimum atomic E-state index is -3.41. The molecule has 0 aromatic heterocycles. The van der Waals surface area contributed by atoms with Crippen LogP contribution in [0.5, 0.6) is 5.75 Å². The Morgan fingerprint density at radius 2 is 1.62 bits per heavy atom. The normalized spacial score (nSPS) is 15.4. The molecule has 2 aromatic carbocycles. The van der Waals surface area contributed by atoms with Crippen molar-refractivity contribution in [2.75, 3.05) is 6.61 Å². The third kappa shape index (κ3) is 2.59. The second-order valence-corrected chi connectivity index (χ2v) is 7.23. The lowest BCUT2D eigenvalue weighted by atomic mass is 10.1. The topological polar surface area (TPSA) is 43.4 Å². The number of hydrogen-bond donors (Lipinski definition) is 0. The molecule has 3 rings (SSSR count). The van der Waals surface area contributed by atoms with Crippen molar-refractivity contribution in [3.05, 3.63) is 64.1 Å². The number of ether oxygens (including phenoxy) is 1. The molecule has 0 bridgehead atoms. The summed E-state index contributed by atoms with van der Waals surface area (Å²) in [5.41, 5.74) is 2.93. The minimum Gasteiger partial charge on any atom is -0.488 e. The first-order valence-electron chi connectivity index (χ1n) is 6.72. The van der Waals surface area contributed by atoms with E-state index < -0.39 is 9.84 Å². The first kappa shape index (κ1) is 13.9. The molecule has 0 atom stereocenters. The lowest BCUT2D eigenvalue weighted by Crippen LogP contribution is -2.09. The molecule has 1 heterocycles. The van der Waals surface area contributed by atoms with E-state index in [-0.39, 0.29) is 6.61 Å². The average Bonchev–Trinajstić information content (AvgIpc) is 2.69. The van der Waals surface area contributed by atoms with Gasteiger partial charge in [0.2, 0.25) is 9.84 Å². The lowest BCUT2D eigenvalue weighted by molar-refractivity contribution is 0.359. The molecule has 108 valence electrons. The Labute approximate surface area is 124 Å². The van der Waals surface area contributed by atoms with E-state index in [0.717, 1.165) is 16.7 Å². The number of aryl methyl sites for hydroxylation is 2. The van der Waals surface area contributed by atoms with Crippen LogP contribution in [0.15, 0.2) is 52.3 Å². The Balaban J connectivity index is 1.84. The lowest BCUT2D eigenvalue weighted by Gasteiger charge is -2.07. The minimum absolute atomic E-state index is 0.0547. The molecule has 0 radical (unpaired) electrons. The summed E-state index contributed by atoms with van der Waals surface area (Å²) in [6.07, 6.45) is 1.70. The van der Waals surface area contributed by atoms with Crippen LogP contribution in [0.2, 0.25) is 0 Å². The van der Waals surface area contributed by atoms with Gasteiger partial charge in [-0.1, -0.05) is 35.4 Å². The molecule has 0 unspecified atom stereocenters. The van der Waals surface area contributed by atoms with Crippen molar-refractivity contribution in [2.45, 2.75) is 18.7 Å². The van der Waals surface area contributed by atoms with Crippen LogP contribution >= 0.6 is 0 Å². The van der Waals surface area contributed by atoms with E-state index in [0.29, 0.717) is 15.6 Å². The molecule has 1 aliphatic rings. The number of fused-ring (bicyclic) bond motifs is 1. The zero-order valence-electron chi connectivity index (χ0n) is 12.0. The van der Waals surface area contributed by atoms with Gasteiger partial charge in [-0.3, -0.25) is 0 Å². The van der Waals surface area contributed by atoms with Gasteiger partial charge in [0.1, 0.15) is 12.4 Å². The monoisotopic (exact) mass is 300 g/mol. The smallest absolute Gasteiger partial charge is 0.206 e. The maximum absolute atomic E-state index is 12.4. The number of sulfone groups is 1. The summed E-state index contributed by atoms with van der Waals surface area (Å²) in [5.74, 6) is 0.670. The molecular weight excluding hydrogens is 284 g/mol. The van der Waals surface area contributed by atoms with E-state index >= 15 is 0 Å². The van der Waals surface area contributed by atoms with Crippen LogP contribution in [0.4, 0.5) is 0 Å². The van der Waals surface area contributed by atoms with Gasteiger partial charge in [-0.25, -0.2) is 8.42 Å². The fourth-order valence-corrected chi connectivity index (χ4v) is 3.78. The molecule has 3 nitrogen and oxygen atoms in total. The van der Waals surface area contributed by atoms with Crippen LogP contribution in [0, 0.1) is 13.8 Å². The molecule has 0 fully saturated rings. The summed E-state index contributed by atoms with van der Waals surface area (Å²) < 4.78 is 30.4. The molecular formula is C17H16O3S. The van der Waals surface area contributed by atoms with Crippen molar-refractivity contribution in [1.82, 2.24) is 0 Å². The van der Waals surface area contributed by atoms with Crippen molar-refractivity contribution in [3.8, 4) is 5.75 Å². The maximum Gasteiger partial charge on any atom is 0.206 e. The van der Waals surface area contributed by atoms with E-state index in [9.17, 15) is 8.42 Å². The average molecular weight is 300 g/mol. The van der Waals surface area contributed by atoms with Crippen LogP contribution in [-0.4, -0.2) is 15.0 Å². The Kier molecular flexibility index (Phi) is 3.33. The van der Waals surface area contributed by atoms with Crippen molar-refractivity contribution in [1.29, 1.82) is 0 Å². The van der Waals surface area contributed by atoms with Crippen LogP contribution in [-0.2, 0) is 9.84 Å². The second-order valence-electron chi connectivity index (χ2n) is 5.26. The molecule has 4 heteroatoms. The molecule has 0 saturated heterocycles. The van der Waals surface area contributed by atoms with Crippen LogP contribution in [0.3, 0.4) is 0 Å². The SMILES string of the molecule is Cc1ccc(OCC2=Cc3cc(C)ccc3S2(=O)=O)cc1. The van der Waals surface area contributed by atoms with Crippen LogP contribution in [0.1, 0.15) is 16.7 Å². The zero-order valence-corrected chi connectivity index (χ0v) is 12.8. The fourth-order valence-electron chi connectivity index (χ4n) is 2.33. The highest BCUT2D eigenvalue weighted by molar-refractivity contribution is 7.95. The van der Waals surface area contributed by atoms with Gasteiger partial charge in [0, 0.05) is 0 Å². The van der Waals surface area contributed by atoms with Crippen molar-refractivity contribution in [2.24, 2.45) is 0 Å². The van der Waals surface area contributed by atoms with Gasteiger partial charge in [-0.05, 0) is 43.7 Å².